The summed E-state index contributed by atoms with van der Waals surface area (Å²) < 4.78 is 1.40. The van der Waals surface area contributed by atoms with Gasteiger partial charge in [-0.15, -0.1) is 0 Å². The summed E-state index contributed by atoms with van der Waals surface area (Å²) in [5, 5.41) is 11.6. The lowest BCUT2D eigenvalue weighted by molar-refractivity contribution is -0.121. The molecular weight excluding hydrogens is 246 g/mol. The van der Waals surface area contributed by atoms with Gasteiger partial charge in [0.1, 0.15) is 6.54 Å². The summed E-state index contributed by atoms with van der Waals surface area (Å²) in [7, 11) is 0. The highest BCUT2D eigenvalue weighted by molar-refractivity contribution is 5.80. The van der Waals surface area contributed by atoms with Crippen molar-refractivity contribution in [1.82, 2.24) is 14.9 Å². The fourth-order valence-corrected chi connectivity index (χ4v) is 1.82. The van der Waals surface area contributed by atoms with Gasteiger partial charge in [-0.3, -0.25) is 9.36 Å². The molecule has 0 fully saturated rings. The zero-order chi connectivity index (χ0) is 13.8. The summed E-state index contributed by atoms with van der Waals surface area (Å²) in [6.07, 6.45) is 0. The van der Waals surface area contributed by atoms with E-state index in [0.717, 1.165) is 0 Å². The van der Waals surface area contributed by atoms with Gasteiger partial charge in [-0.05, 0) is 18.1 Å². The van der Waals surface area contributed by atoms with E-state index in [1.165, 1.54) is 4.57 Å². The monoisotopic (exact) mass is 263 g/mol. The van der Waals surface area contributed by atoms with Crippen molar-refractivity contribution in [2.45, 2.75) is 13.5 Å². The Hall–Kier alpha value is -2.08. The fraction of sp³-hybridized carbons (Fsp3) is 0.385. The average molecular weight is 263 g/mol. The topological polar surface area (TPSA) is 87.1 Å². The highest BCUT2D eigenvalue weighted by Gasteiger charge is 2.10. The van der Waals surface area contributed by atoms with Gasteiger partial charge in [-0.1, -0.05) is 19.1 Å². The molecule has 0 aliphatic rings. The minimum absolute atomic E-state index is 0.00337. The van der Waals surface area contributed by atoms with Crippen LogP contribution in [0.3, 0.4) is 0 Å². The molecule has 1 amide bonds. The minimum Gasteiger partial charge on any atom is -0.396 e. The number of hydrogen-bond acceptors (Lipinski definition) is 3. The first kappa shape index (κ1) is 13.4. The van der Waals surface area contributed by atoms with Crippen molar-refractivity contribution in [1.29, 1.82) is 0 Å². The molecule has 3 N–H and O–H groups in total. The Morgan fingerprint density at radius 3 is 2.95 bits per heavy atom. The third-order valence-corrected chi connectivity index (χ3v) is 2.94. The number of amides is 1. The number of rotatable bonds is 5. The number of nitrogens with zero attached hydrogens (tertiary/aromatic N) is 1. The first-order chi connectivity index (χ1) is 9.11. The number of aliphatic hydroxyl groups is 1. The van der Waals surface area contributed by atoms with Crippen LogP contribution in [0, 0.1) is 5.92 Å². The number of benzene rings is 1. The number of H-pyrrole nitrogens is 1. The standard InChI is InChI=1S/C13H17N3O3/c1-9(8-17)6-14-12(18)7-16-11-5-3-2-4-10(11)15-13(16)19/h2-5,9,17H,6-8H2,1H3,(H,14,18)(H,15,19). The number of hydrogen-bond donors (Lipinski definition) is 3. The van der Waals surface area contributed by atoms with Crippen molar-refractivity contribution in [3.63, 3.8) is 0 Å². The number of aromatic nitrogens is 2. The van der Waals surface area contributed by atoms with E-state index in [9.17, 15) is 9.59 Å². The molecule has 0 aliphatic heterocycles. The Morgan fingerprint density at radius 2 is 2.21 bits per heavy atom. The van der Waals surface area contributed by atoms with Crippen LogP contribution in [0.4, 0.5) is 0 Å². The van der Waals surface area contributed by atoms with Gasteiger partial charge in [-0.25, -0.2) is 4.79 Å². The van der Waals surface area contributed by atoms with Crippen LogP contribution in [0.2, 0.25) is 0 Å². The van der Waals surface area contributed by atoms with Crippen LogP contribution in [-0.2, 0) is 11.3 Å². The van der Waals surface area contributed by atoms with E-state index in [0.29, 0.717) is 17.6 Å². The molecule has 19 heavy (non-hydrogen) atoms. The lowest BCUT2D eigenvalue weighted by Crippen LogP contribution is -2.34. The first-order valence-electron chi connectivity index (χ1n) is 6.17. The molecule has 2 rings (SSSR count). The van der Waals surface area contributed by atoms with E-state index in [2.05, 4.69) is 10.3 Å². The van der Waals surface area contributed by atoms with Crippen LogP contribution < -0.4 is 11.0 Å². The van der Waals surface area contributed by atoms with Crippen LogP contribution in [0.1, 0.15) is 6.92 Å². The van der Waals surface area contributed by atoms with Gasteiger partial charge in [0, 0.05) is 13.2 Å². The maximum absolute atomic E-state index is 11.8. The Morgan fingerprint density at radius 1 is 1.47 bits per heavy atom. The summed E-state index contributed by atoms with van der Waals surface area (Å²) in [5.74, 6) is -0.240. The van der Waals surface area contributed by atoms with E-state index >= 15 is 0 Å². The Balaban J connectivity index is 2.11. The number of aliphatic hydroxyl groups excluding tert-OH is 1. The quantitative estimate of drug-likeness (QED) is 0.713. The second kappa shape index (κ2) is 5.71. The largest absolute Gasteiger partial charge is 0.396 e. The second-order valence-electron chi connectivity index (χ2n) is 4.63. The molecule has 0 saturated carbocycles. The van der Waals surface area contributed by atoms with Crippen LogP contribution in [0.25, 0.3) is 11.0 Å². The number of nitrogens with one attached hydrogen (secondary N) is 2. The molecule has 1 aromatic heterocycles. The molecule has 1 aromatic carbocycles. The van der Waals surface area contributed by atoms with Gasteiger partial charge in [-0.2, -0.15) is 0 Å². The van der Waals surface area contributed by atoms with Crippen molar-refractivity contribution in [3.05, 3.63) is 34.7 Å². The van der Waals surface area contributed by atoms with Gasteiger partial charge in [0.2, 0.25) is 5.91 Å². The van der Waals surface area contributed by atoms with Crippen LogP contribution in [-0.4, -0.2) is 33.7 Å². The lowest BCUT2D eigenvalue weighted by atomic mass is 10.2. The minimum atomic E-state index is -0.299. The highest BCUT2D eigenvalue weighted by Crippen LogP contribution is 2.08. The molecule has 0 radical (unpaired) electrons. The molecule has 0 bridgehead atoms. The first-order valence-corrected chi connectivity index (χ1v) is 6.17. The Bertz CT molecular complexity index is 629. The zero-order valence-corrected chi connectivity index (χ0v) is 10.7. The molecule has 102 valence electrons. The average Bonchev–Trinajstić information content (AvgIpc) is 2.72. The number of carbonyl (C=O) groups is 1. The smallest absolute Gasteiger partial charge is 0.326 e. The van der Waals surface area contributed by atoms with Crippen molar-refractivity contribution in [2.75, 3.05) is 13.2 Å². The van der Waals surface area contributed by atoms with Gasteiger partial charge in [0.15, 0.2) is 0 Å². The van der Waals surface area contributed by atoms with E-state index in [-0.39, 0.29) is 30.7 Å². The predicted octanol–water partition coefficient (Wildman–Crippen LogP) is 0.0742. The Kier molecular flexibility index (Phi) is 4.01. The normalized spacial score (nSPS) is 12.5. The van der Waals surface area contributed by atoms with Gasteiger partial charge in [0.25, 0.3) is 0 Å². The van der Waals surface area contributed by atoms with Crippen molar-refractivity contribution < 1.29 is 9.90 Å². The SMILES string of the molecule is CC(CO)CNC(=O)Cn1c(=O)[nH]c2ccccc21. The summed E-state index contributed by atoms with van der Waals surface area (Å²) >= 11 is 0. The third kappa shape index (κ3) is 3.03. The van der Waals surface area contributed by atoms with Crippen LogP contribution >= 0.6 is 0 Å². The molecule has 2 aromatic rings. The highest BCUT2D eigenvalue weighted by atomic mass is 16.3. The van der Waals surface area contributed by atoms with E-state index in [4.69, 9.17) is 5.11 Å². The molecule has 1 atom stereocenters. The van der Waals surface area contributed by atoms with E-state index in [1.54, 1.807) is 12.1 Å². The van der Waals surface area contributed by atoms with E-state index in [1.807, 2.05) is 19.1 Å². The number of carbonyl (C=O) groups excluding carboxylic acids is 1. The molecule has 0 spiro atoms. The van der Waals surface area contributed by atoms with Crippen LogP contribution in [0.5, 0.6) is 0 Å². The number of imidazole rings is 1. The molecule has 1 unspecified atom stereocenters. The summed E-state index contributed by atoms with van der Waals surface area (Å²) in [6.45, 7) is 2.22. The van der Waals surface area contributed by atoms with Crippen molar-refractivity contribution >= 4 is 16.9 Å². The molecule has 6 nitrogen and oxygen atoms in total. The zero-order valence-electron chi connectivity index (χ0n) is 10.7. The third-order valence-electron chi connectivity index (χ3n) is 2.94. The summed E-state index contributed by atoms with van der Waals surface area (Å²) in [6, 6.07) is 7.22. The molecule has 1 heterocycles. The predicted molar refractivity (Wildman–Crippen MR) is 71.8 cm³/mol. The van der Waals surface area contributed by atoms with Gasteiger partial charge >= 0.3 is 5.69 Å². The lowest BCUT2D eigenvalue weighted by Gasteiger charge is -2.09. The van der Waals surface area contributed by atoms with Gasteiger partial charge in [0.05, 0.1) is 11.0 Å². The Labute approximate surface area is 110 Å². The number of aromatic amines is 1. The molecule has 0 aliphatic carbocycles. The summed E-state index contributed by atoms with van der Waals surface area (Å²) in [4.78, 5) is 26.2. The summed E-state index contributed by atoms with van der Waals surface area (Å²) in [5.41, 5.74) is 1.12. The maximum atomic E-state index is 11.8. The van der Waals surface area contributed by atoms with Crippen molar-refractivity contribution in [2.24, 2.45) is 5.92 Å². The van der Waals surface area contributed by atoms with Crippen LogP contribution in [0.15, 0.2) is 29.1 Å². The number of fused-ring (bicyclic) bond motifs is 1. The van der Waals surface area contributed by atoms with Crippen molar-refractivity contribution in [3.8, 4) is 0 Å². The fourth-order valence-electron chi connectivity index (χ4n) is 1.82. The molecule has 6 heteroatoms. The number of para-hydroxylation sites is 2. The molecule has 0 saturated heterocycles. The maximum Gasteiger partial charge on any atom is 0.326 e. The second-order valence-corrected chi connectivity index (χ2v) is 4.63. The van der Waals surface area contributed by atoms with E-state index < -0.39 is 0 Å². The van der Waals surface area contributed by atoms with Gasteiger partial charge < -0.3 is 15.4 Å². The molecular formula is C13H17N3O3.